The van der Waals surface area contributed by atoms with Crippen LogP contribution in [0.3, 0.4) is 0 Å². The normalized spacial score (nSPS) is 22.8. The minimum absolute atomic E-state index is 0.327. The zero-order valence-corrected chi connectivity index (χ0v) is 19.7. The summed E-state index contributed by atoms with van der Waals surface area (Å²) in [5.41, 5.74) is 0.375. The second-order valence-electron chi connectivity index (χ2n) is 9.35. The molecular formula is C25H33FN2O5. The molecule has 2 aromatic rings. The number of methoxy groups -OCH3 is 1. The van der Waals surface area contributed by atoms with Crippen molar-refractivity contribution in [3.63, 3.8) is 0 Å². The van der Waals surface area contributed by atoms with Crippen molar-refractivity contribution in [2.45, 2.75) is 63.6 Å². The van der Waals surface area contributed by atoms with Crippen molar-refractivity contribution in [1.82, 2.24) is 10.2 Å². The second kappa shape index (κ2) is 10.4. The molecule has 1 aliphatic rings. The van der Waals surface area contributed by atoms with Crippen LogP contribution in [-0.2, 0) is 11.3 Å². The van der Waals surface area contributed by atoms with E-state index in [2.05, 4.69) is 5.32 Å². The first-order valence-corrected chi connectivity index (χ1v) is 11.0. The molecule has 3 rings (SSSR count). The Bertz CT molecular complexity index is 931. The third-order valence-electron chi connectivity index (χ3n) is 5.51. The van der Waals surface area contributed by atoms with E-state index in [9.17, 15) is 14.3 Å². The van der Waals surface area contributed by atoms with Gasteiger partial charge in [0.05, 0.1) is 19.2 Å². The molecule has 1 aliphatic carbocycles. The van der Waals surface area contributed by atoms with Crippen molar-refractivity contribution in [3.8, 4) is 11.5 Å². The molecule has 0 aliphatic heterocycles. The second-order valence-corrected chi connectivity index (χ2v) is 9.35. The highest BCUT2D eigenvalue weighted by molar-refractivity contribution is 5.68. The van der Waals surface area contributed by atoms with Gasteiger partial charge in [-0.15, -0.1) is 0 Å². The van der Waals surface area contributed by atoms with E-state index in [1.165, 1.54) is 12.1 Å². The van der Waals surface area contributed by atoms with E-state index in [4.69, 9.17) is 14.2 Å². The molecule has 7 nitrogen and oxygen atoms in total. The fourth-order valence-electron chi connectivity index (χ4n) is 4.12. The molecule has 2 N–H and O–H groups in total. The number of halogens is 1. The number of amides is 1. The van der Waals surface area contributed by atoms with E-state index in [1.807, 2.05) is 36.2 Å². The number of likely N-dealkylation sites (N-methyl/N-ethyl adjacent to an activating group) is 1. The zero-order valence-electron chi connectivity index (χ0n) is 19.7. The predicted octanol–water partition coefficient (Wildman–Crippen LogP) is 3.74. The quantitative estimate of drug-likeness (QED) is 0.655. The molecule has 0 saturated heterocycles. The smallest absolute Gasteiger partial charge is 0.407 e. The molecule has 0 radical (unpaired) electrons. The lowest BCUT2D eigenvalue weighted by atomic mass is 10.1. The third-order valence-corrected chi connectivity index (χ3v) is 5.51. The molecular weight excluding hydrogens is 427 g/mol. The molecule has 1 saturated carbocycles. The number of rotatable bonds is 7. The first-order chi connectivity index (χ1) is 15.6. The van der Waals surface area contributed by atoms with E-state index in [0.717, 1.165) is 11.3 Å². The number of carbonyl (C=O) groups is 1. The van der Waals surface area contributed by atoms with Crippen molar-refractivity contribution < 1.29 is 28.5 Å². The number of carbonyl (C=O) groups excluding carboxylic acids is 1. The maximum Gasteiger partial charge on any atom is 0.407 e. The number of aliphatic hydroxyl groups is 1. The molecule has 0 heterocycles. The average Bonchev–Trinajstić information content (AvgIpc) is 3.01. The standard InChI is InChI=1S/C25H33FN2O5/c1-25(2,3)33-24(30)27-20-14-21(32-19-8-6-7-17(26)13-19)23(29)22(20)28(4)15-16-9-11-18(31-5)12-10-16/h6-13,20-23,29H,14-15H2,1-5H3,(H,27,30)/t20-,21-,22+,23+/m1/s1. The van der Waals surface area contributed by atoms with Crippen molar-refractivity contribution in [1.29, 1.82) is 0 Å². The molecule has 1 amide bonds. The minimum atomic E-state index is -0.920. The van der Waals surface area contributed by atoms with E-state index in [-0.39, 0.29) is 0 Å². The van der Waals surface area contributed by atoms with Crippen molar-refractivity contribution in [3.05, 3.63) is 59.9 Å². The first-order valence-electron chi connectivity index (χ1n) is 11.0. The molecule has 0 bridgehead atoms. The van der Waals surface area contributed by atoms with Crippen LogP contribution in [0.25, 0.3) is 0 Å². The van der Waals surface area contributed by atoms with Gasteiger partial charge in [0.1, 0.15) is 35.1 Å². The number of alkyl carbamates (subject to hydrolysis) is 1. The molecule has 0 unspecified atom stereocenters. The van der Waals surface area contributed by atoms with Gasteiger partial charge in [-0.2, -0.15) is 0 Å². The lowest BCUT2D eigenvalue weighted by molar-refractivity contribution is 0.0107. The highest BCUT2D eigenvalue weighted by Gasteiger charge is 2.47. The summed E-state index contributed by atoms with van der Waals surface area (Å²) in [4.78, 5) is 14.5. The Morgan fingerprint density at radius 1 is 1.18 bits per heavy atom. The number of hydrogen-bond donors (Lipinski definition) is 2. The highest BCUT2D eigenvalue weighted by Crippen LogP contribution is 2.30. The Hall–Kier alpha value is -2.84. The van der Waals surface area contributed by atoms with Gasteiger partial charge in [-0.05, 0) is 57.6 Å². The van der Waals surface area contributed by atoms with Gasteiger partial charge in [0.25, 0.3) is 0 Å². The third kappa shape index (κ3) is 6.82. The number of hydrogen-bond acceptors (Lipinski definition) is 6. The van der Waals surface area contributed by atoms with Crippen LogP contribution in [0.5, 0.6) is 11.5 Å². The van der Waals surface area contributed by atoms with Gasteiger partial charge in [0.15, 0.2) is 0 Å². The molecule has 0 aromatic heterocycles. The number of nitrogens with one attached hydrogen (secondary N) is 1. The Morgan fingerprint density at radius 3 is 2.48 bits per heavy atom. The summed E-state index contributed by atoms with van der Waals surface area (Å²) < 4.78 is 30.2. The van der Waals surface area contributed by atoms with Crippen molar-refractivity contribution in [2.75, 3.05) is 14.2 Å². The highest BCUT2D eigenvalue weighted by atomic mass is 19.1. The molecule has 4 atom stereocenters. The van der Waals surface area contributed by atoms with E-state index in [1.54, 1.807) is 40.0 Å². The Morgan fingerprint density at radius 2 is 1.88 bits per heavy atom. The summed E-state index contributed by atoms with van der Waals surface area (Å²) in [6, 6.07) is 12.6. The molecule has 8 heteroatoms. The van der Waals surface area contributed by atoms with Gasteiger partial charge in [-0.25, -0.2) is 9.18 Å². The molecule has 0 spiro atoms. The van der Waals surface area contributed by atoms with Gasteiger partial charge in [0.2, 0.25) is 0 Å². The van der Waals surface area contributed by atoms with E-state index < -0.39 is 41.8 Å². The number of aliphatic hydroxyl groups excluding tert-OH is 1. The Labute approximate surface area is 194 Å². The monoisotopic (exact) mass is 460 g/mol. The minimum Gasteiger partial charge on any atom is -0.497 e. The largest absolute Gasteiger partial charge is 0.497 e. The lowest BCUT2D eigenvalue weighted by Crippen LogP contribution is -2.52. The predicted molar refractivity (Wildman–Crippen MR) is 123 cm³/mol. The average molecular weight is 461 g/mol. The maximum atomic E-state index is 13.6. The van der Waals surface area contributed by atoms with E-state index >= 15 is 0 Å². The van der Waals surface area contributed by atoms with Crippen LogP contribution in [0, 0.1) is 5.82 Å². The summed E-state index contributed by atoms with van der Waals surface area (Å²) in [5.74, 6) is 0.667. The van der Waals surface area contributed by atoms with E-state index in [0.29, 0.717) is 18.7 Å². The zero-order chi connectivity index (χ0) is 24.2. The summed E-state index contributed by atoms with van der Waals surface area (Å²) >= 11 is 0. The van der Waals surface area contributed by atoms with Gasteiger partial charge in [0, 0.05) is 19.0 Å². The van der Waals surface area contributed by atoms with Crippen molar-refractivity contribution in [2.24, 2.45) is 0 Å². The molecule has 180 valence electrons. The number of ether oxygens (including phenoxy) is 3. The van der Waals surface area contributed by atoms with Gasteiger partial charge in [-0.1, -0.05) is 18.2 Å². The van der Waals surface area contributed by atoms with Crippen LogP contribution < -0.4 is 14.8 Å². The summed E-state index contributed by atoms with van der Waals surface area (Å²) in [5, 5.41) is 14.0. The topological polar surface area (TPSA) is 80.3 Å². The fraction of sp³-hybridized carbons (Fsp3) is 0.480. The van der Waals surface area contributed by atoms with Crippen LogP contribution in [0.15, 0.2) is 48.5 Å². The number of benzene rings is 2. The Kier molecular flexibility index (Phi) is 7.81. The molecule has 2 aromatic carbocycles. The Balaban J connectivity index is 1.77. The summed E-state index contributed by atoms with van der Waals surface area (Å²) in [6.07, 6.45) is -1.77. The van der Waals surface area contributed by atoms with Crippen LogP contribution in [-0.4, -0.2) is 60.1 Å². The first kappa shape index (κ1) is 24.8. The number of nitrogens with zero attached hydrogens (tertiary/aromatic N) is 1. The maximum absolute atomic E-state index is 13.6. The van der Waals surface area contributed by atoms with Crippen molar-refractivity contribution >= 4 is 6.09 Å². The van der Waals surface area contributed by atoms with Gasteiger partial charge < -0.3 is 24.6 Å². The van der Waals surface area contributed by atoms with Crippen LogP contribution >= 0.6 is 0 Å². The van der Waals surface area contributed by atoms with Gasteiger partial charge >= 0.3 is 6.09 Å². The lowest BCUT2D eigenvalue weighted by Gasteiger charge is -2.32. The summed E-state index contributed by atoms with van der Waals surface area (Å²) in [6.45, 7) is 5.91. The SMILES string of the molecule is COc1ccc(CN(C)[C@@H]2[C@@H](O)[C@H](Oc3cccc(F)c3)C[C@H]2NC(=O)OC(C)(C)C)cc1. The van der Waals surface area contributed by atoms with Gasteiger partial charge in [-0.3, -0.25) is 4.90 Å². The fourth-order valence-corrected chi connectivity index (χ4v) is 4.12. The van der Waals surface area contributed by atoms with Crippen LogP contribution in [0.2, 0.25) is 0 Å². The molecule has 1 fully saturated rings. The van der Waals surface area contributed by atoms with Crippen LogP contribution in [0.4, 0.5) is 9.18 Å². The molecule has 33 heavy (non-hydrogen) atoms. The summed E-state index contributed by atoms with van der Waals surface area (Å²) in [7, 11) is 3.49. The van der Waals surface area contributed by atoms with Crippen LogP contribution in [0.1, 0.15) is 32.8 Å².